The van der Waals surface area contributed by atoms with Crippen LogP contribution in [0.5, 0.6) is 5.75 Å². The summed E-state index contributed by atoms with van der Waals surface area (Å²) in [6.07, 6.45) is -4.67. The third kappa shape index (κ3) is 4.18. The summed E-state index contributed by atoms with van der Waals surface area (Å²) >= 11 is 0. The predicted molar refractivity (Wildman–Crippen MR) is 94.1 cm³/mol. The van der Waals surface area contributed by atoms with Crippen LogP contribution in [-0.2, 0) is 11.2 Å². The molecule has 0 spiro atoms. The van der Waals surface area contributed by atoms with Crippen molar-refractivity contribution in [1.82, 2.24) is 0 Å². The number of carbonyl (C=O) groups excluding carboxylic acids is 1. The number of alkyl halides is 3. The Morgan fingerprint density at radius 3 is 2.56 bits per heavy atom. The van der Waals surface area contributed by atoms with Crippen LogP contribution in [0.3, 0.4) is 0 Å². The van der Waals surface area contributed by atoms with Gasteiger partial charge in [0.1, 0.15) is 11.9 Å². The normalized spacial score (nSPS) is 18.5. The lowest BCUT2D eigenvalue weighted by molar-refractivity contribution is -0.274. The number of nitrogens with two attached hydrogens (primary N) is 1. The number of hydrogen-bond donors (Lipinski definition) is 1. The molecule has 1 amide bonds. The molecule has 0 radical (unpaired) electrons. The van der Waals surface area contributed by atoms with E-state index in [1.54, 1.807) is 24.3 Å². The van der Waals surface area contributed by atoms with Crippen molar-refractivity contribution in [3.63, 3.8) is 0 Å². The number of ether oxygens (including phenoxy) is 2. The van der Waals surface area contributed by atoms with E-state index in [9.17, 15) is 18.0 Å². The summed E-state index contributed by atoms with van der Waals surface area (Å²) in [6, 6.07) is 11.3. The summed E-state index contributed by atoms with van der Waals surface area (Å²) in [7, 11) is 0. The molecule has 0 heterocycles. The zero-order chi connectivity index (χ0) is 19.8. The number of halogens is 3. The average Bonchev–Trinajstić information content (AvgIpc) is 2.56. The Balaban J connectivity index is 2.08. The molecule has 0 fully saturated rings. The fourth-order valence-electron chi connectivity index (χ4n) is 3.50. The number of hydrogen-bond acceptors (Lipinski definition) is 3. The number of aryl methyl sites for hydroxylation is 1. The van der Waals surface area contributed by atoms with Crippen molar-refractivity contribution in [2.75, 3.05) is 0 Å². The zero-order valence-electron chi connectivity index (χ0n) is 15.0. The van der Waals surface area contributed by atoms with Crippen molar-refractivity contribution in [2.24, 2.45) is 11.1 Å². The zero-order valence-corrected chi connectivity index (χ0v) is 15.0. The highest BCUT2D eigenvalue weighted by Crippen LogP contribution is 2.47. The Labute approximate surface area is 155 Å². The van der Waals surface area contributed by atoms with Crippen molar-refractivity contribution >= 4 is 6.09 Å². The molecule has 4 nitrogen and oxygen atoms in total. The van der Waals surface area contributed by atoms with Crippen LogP contribution in [0.1, 0.15) is 37.5 Å². The van der Waals surface area contributed by atoms with Crippen LogP contribution in [0.2, 0.25) is 0 Å². The highest BCUT2D eigenvalue weighted by molar-refractivity contribution is 5.72. The second-order valence-corrected chi connectivity index (χ2v) is 7.26. The van der Waals surface area contributed by atoms with E-state index in [0.717, 1.165) is 24.0 Å². The van der Waals surface area contributed by atoms with Crippen molar-refractivity contribution in [1.29, 1.82) is 0 Å². The Bertz CT molecular complexity index is 862. The predicted octanol–water partition coefficient (Wildman–Crippen LogP) is 5.36. The number of carbonyl (C=O) groups is 1. The van der Waals surface area contributed by atoms with Gasteiger partial charge >= 0.3 is 12.5 Å². The van der Waals surface area contributed by atoms with Gasteiger partial charge in [-0.2, -0.15) is 0 Å². The second-order valence-electron chi connectivity index (χ2n) is 7.26. The van der Waals surface area contributed by atoms with Gasteiger partial charge in [0.05, 0.1) is 0 Å². The lowest BCUT2D eigenvalue weighted by Gasteiger charge is -2.39. The second kappa shape index (κ2) is 6.79. The molecule has 27 heavy (non-hydrogen) atoms. The molecule has 144 valence electrons. The van der Waals surface area contributed by atoms with Crippen LogP contribution in [-0.4, -0.2) is 12.5 Å². The van der Waals surface area contributed by atoms with Crippen LogP contribution in [0.4, 0.5) is 18.0 Å². The maximum Gasteiger partial charge on any atom is 0.573 e. The van der Waals surface area contributed by atoms with Gasteiger partial charge in [-0.05, 0) is 41.7 Å². The van der Waals surface area contributed by atoms with E-state index < -0.39 is 18.6 Å². The molecule has 1 aliphatic carbocycles. The molecule has 0 bridgehead atoms. The van der Waals surface area contributed by atoms with E-state index in [4.69, 9.17) is 10.5 Å². The van der Waals surface area contributed by atoms with E-state index in [2.05, 4.69) is 4.74 Å². The van der Waals surface area contributed by atoms with Crippen LogP contribution in [0, 0.1) is 5.41 Å². The number of benzene rings is 2. The average molecular weight is 379 g/mol. The molecule has 7 heteroatoms. The lowest BCUT2D eigenvalue weighted by atomic mass is 9.71. The minimum atomic E-state index is -4.79. The first-order valence-electron chi connectivity index (χ1n) is 8.51. The van der Waals surface area contributed by atoms with Gasteiger partial charge in [-0.25, -0.2) is 4.79 Å². The fraction of sp³-hybridized carbons (Fsp3) is 0.350. The van der Waals surface area contributed by atoms with E-state index in [1.165, 1.54) is 12.1 Å². The Kier molecular flexibility index (Phi) is 4.80. The minimum absolute atomic E-state index is 0.285. The smallest absolute Gasteiger partial charge is 0.441 e. The summed E-state index contributed by atoms with van der Waals surface area (Å²) in [5.41, 5.74) is 7.48. The molecule has 0 saturated carbocycles. The summed E-state index contributed by atoms with van der Waals surface area (Å²) < 4.78 is 47.7. The van der Waals surface area contributed by atoms with Crippen LogP contribution < -0.4 is 10.5 Å². The van der Waals surface area contributed by atoms with E-state index in [0.29, 0.717) is 11.1 Å². The molecular formula is C20H20F3NO3. The SMILES string of the molecule is CC1(C)CCc2ccc(-c3ccccc3OC(F)(F)F)cc2C1OC(N)=O. The fourth-order valence-corrected chi connectivity index (χ4v) is 3.50. The molecule has 0 aliphatic heterocycles. The monoisotopic (exact) mass is 379 g/mol. The first-order chi connectivity index (χ1) is 12.6. The maximum absolute atomic E-state index is 12.7. The van der Waals surface area contributed by atoms with Crippen molar-refractivity contribution < 1.29 is 27.4 Å². The molecular weight excluding hydrogens is 359 g/mol. The standard InChI is InChI=1S/C20H20F3NO3/c1-19(2)10-9-12-7-8-13(11-15(12)17(19)26-18(24)25)14-5-3-4-6-16(14)27-20(21,22)23/h3-8,11,17H,9-10H2,1-2H3,(H2,24,25). The first kappa shape index (κ1) is 19.1. The summed E-state index contributed by atoms with van der Waals surface area (Å²) in [4.78, 5) is 11.4. The molecule has 3 rings (SSSR count). The quantitative estimate of drug-likeness (QED) is 0.781. The number of amides is 1. The Morgan fingerprint density at radius 1 is 1.19 bits per heavy atom. The third-order valence-corrected chi connectivity index (χ3v) is 4.83. The highest BCUT2D eigenvalue weighted by atomic mass is 19.4. The summed E-state index contributed by atoms with van der Waals surface area (Å²) in [5.74, 6) is -0.285. The van der Waals surface area contributed by atoms with Gasteiger partial charge in [0.2, 0.25) is 0 Å². The van der Waals surface area contributed by atoms with Crippen LogP contribution in [0.15, 0.2) is 42.5 Å². The third-order valence-electron chi connectivity index (χ3n) is 4.83. The molecule has 2 aromatic rings. The lowest BCUT2D eigenvalue weighted by Crippen LogP contribution is -2.33. The van der Waals surface area contributed by atoms with Gasteiger partial charge in [-0.1, -0.05) is 44.2 Å². The molecule has 0 aromatic heterocycles. The molecule has 1 aliphatic rings. The highest BCUT2D eigenvalue weighted by Gasteiger charge is 2.39. The molecule has 2 aromatic carbocycles. The van der Waals surface area contributed by atoms with E-state index >= 15 is 0 Å². The van der Waals surface area contributed by atoms with Crippen LogP contribution >= 0.6 is 0 Å². The molecule has 2 N–H and O–H groups in total. The molecule has 1 atom stereocenters. The molecule has 1 unspecified atom stereocenters. The number of fused-ring (bicyclic) bond motifs is 1. The van der Waals surface area contributed by atoms with Gasteiger partial charge in [0.25, 0.3) is 0 Å². The van der Waals surface area contributed by atoms with E-state index in [-0.39, 0.29) is 11.2 Å². The topological polar surface area (TPSA) is 61.6 Å². The molecule has 0 saturated heterocycles. The maximum atomic E-state index is 12.7. The number of primary amides is 1. The van der Waals surface area contributed by atoms with Gasteiger partial charge in [0.15, 0.2) is 0 Å². The minimum Gasteiger partial charge on any atom is -0.441 e. The van der Waals surface area contributed by atoms with Crippen molar-refractivity contribution in [2.45, 2.75) is 39.2 Å². The summed E-state index contributed by atoms with van der Waals surface area (Å²) in [5, 5.41) is 0. The number of rotatable bonds is 3. The van der Waals surface area contributed by atoms with Crippen LogP contribution in [0.25, 0.3) is 11.1 Å². The number of para-hydroxylation sites is 1. The van der Waals surface area contributed by atoms with Gasteiger partial charge in [0, 0.05) is 11.0 Å². The Hall–Kier alpha value is -2.70. The van der Waals surface area contributed by atoms with E-state index in [1.807, 2.05) is 19.9 Å². The van der Waals surface area contributed by atoms with Gasteiger partial charge in [-0.3, -0.25) is 0 Å². The first-order valence-corrected chi connectivity index (χ1v) is 8.51. The van der Waals surface area contributed by atoms with Crippen molar-refractivity contribution in [3.8, 4) is 16.9 Å². The van der Waals surface area contributed by atoms with Gasteiger partial charge < -0.3 is 15.2 Å². The largest absolute Gasteiger partial charge is 0.573 e. The van der Waals surface area contributed by atoms with Gasteiger partial charge in [-0.15, -0.1) is 13.2 Å². The Morgan fingerprint density at radius 2 is 1.89 bits per heavy atom. The van der Waals surface area contributed by atoms with Crippen molar-refractivity contribution in [3.05, 3.63) is 53.6 Å². The summed E-state index contributed by atoms with van der Waals surface area (Å²) in [6.45, 7) is 3.94.